The third-order valence-corrected chi connectivity index (χ3v) is 5.74. The minimum atomic E-state index is 0.524. The van der Waals surface area contributed by atoms with Gasteiger partial charge in [-0.1, -0.05) is 41.9 Å². The first-order chi connectivity index (χ1) is 14.2. The molecule has 1 aliphatic heterocycles. The van der Waals surface area contributed by atoms with E-state index in [2.05, 4.69) is 50.4 Å². The molecule has 1 aliphatic rings. The molecule has 3 aromatic rings. The maximum atomic E-state index is 6.34. The molecule has 3 heterocycles. The standard InChI is InChI=1S/C23H26ClN5/c1-29-11-5-8-18(16-29)19-12-20(14-25-13-19)27-23-26-15-21(24)22(28-23)10-9-17-6-3-2-4-7-17/h2-4,6-7,12-15,18H,5,8-11,16H2,1H3,(H,26,27,28). The fraction of sp³-hybridized carbons (Fsp3) is 0.348. The molecule has 1 aromatic carbocycles. The number of likely N-dealkylation sites (tertiary alicyclic amines) is 1. The van der Waals surface area contributed by atoms with E-state index in [1.165, 1.54) is 30.5 Å². The highest BCUT2D eigenvalue weighted by Crippen LogP contribution is 2.28. The Hall–Kier alpha value is -2.50. The Balaban J connectivity index is 1.46. The van der Waals surface area contributed by atoms with E-state index in [-0.39, 0.29) is 0 Å². The second-order valence-electron chi connectivity index (χ2n) is 7.71. The van der Waals surface area contributed by atoms with Crippen LogP contribution < -0.4 is 5.32 Å². The Bertz CT molecular complexity index is 947. The van der Waals surface area contributed by atoms with E-state index in [1.807, 2.05) is 30.6 Å². The number of nitrogens with zero attached hydrogens (tertiary/aromatic N) is 4. The molecular weight excluding hydrogens is 382 g/mol. The number of likely N-dealkylation sites (N-methyl/N-ethyl adjacent to an activating group) is 1. The normalized spacial score (nSPS) is 17.2. The number of halogens is 1. The van der Waals surface area contributed by atoms with Crippen LogP contribution in [-0.2, 0) is 12.8 Å². The van der Waals surface area contributed by atoms with Gasteiger partial charge in [0.05, 0.1) is 28.8 Å². The summed E-state index contributed by atoms with van der Waals surface area (Å²) in [5.41, 5.74) is 4.30. The van der Waals surface area contributed by atoms with Crippen molar-refractivity contribution >= 4 is 23.2 Å². The lowest BCUT2D eigenvalue weighted by molar-refractivity contribution is 0.250. The zero-order chi connectivity index (χ0) is 20.1. The molecule has 0 aliphatic carbocycles. The van der Waals surface area contributed by atoms with Gasteiger partial charge in [-0.25, -0.2) is 9.97 Å². The number of hydrogen-bond donors (Lipinski definition) is 1. The first-order valence-electron chi connectivity index (χ1n) is 10.1. The van der Waals surface area contributed by atoms with Crippen LogP contribution in [0.1, 0.15) is 35.6 Å². The predicted octanol–water partition coefficient (Wildman–Crippen LogP) is 4.86. The van der Waals surface area contributed by atoms with Crippen LogP contribution in [0.4, 0.5) is 11.6 Å². The van der Waals surface area contributed by atoms with Crippen molar-refractivity contribution in [3.05, 3.63) is 76.8 Å². The summed E-state index contributed by atoms with van der Waals surface area (Å²) in [6.07, 6.45) is 9.56. The molecule has 29 heavy (non-hydrogen) atoms. The van der Waals surface area contributed by atoms with Gasteiger partial charge in [0.1, 0.15) is 0 Å². The molecule has 0 radical (unpaired) electrons. The van der Waals surface area contributed by atoms with Crippen molar-refractivity contribution in [3.63, 3.8) is 0 Å². The second-order valence-corrected chi connectivity index (χ2v) is 8.11. The van der Waals surface area contributed by atoms with Gasteiger partial charge in [-0.3, -0.25) is 4.98 Å². The molecule has 6 heteroatoms. The Morgan fingerprint density at radius 2 is 2.00 bits per heavy atom. The topological polar surface area (TPSA) is 53.9 Å². The fourth-order valence-corrected chi connectivity index (χ4v) is 4.05. The first kappa shape index (κ1) is 19.8. The van der Waals surface area contributed by atoms with Crippen molar-refractivity contribution in [2.24, 2.45) is 0 Å². The fourth-order valence-electron chi connectivity index (χ4n) is 3.86. The average Bonchev–Trinajstić information content (AvgIpc) is 2.75. The predicted molar refractivity (Wildman–Crippen MR) is 118 cm³/mol. The number of hydrogen-bond acceptors (Lipinski definition) is 5. The lowest BCUT2D eigenvalue weighted by Gasteiger charge is -2.29. The van der Waals surface area contributed by atoms with Crippen LogP contribution in [0.3, 0.4) is 0 Å². The third kappa shape index (κ3) is 5.31. The van der Waals surface area contributed by atoms with Crippen molar-refractivity contribution in [3.8, 4) is 0 Å². The Labute approximate surface area is 177 Å². The molecule has 1 N–H and O–H groups in total. The van der Waals surface area contributed by atoms with Gasteiger partial charge < -0.3 is 10.2 Å². The summed E-state index contributed by atoms with van der Waals surface area (Å²) < 4.78 is 0. The molecule has 1 saturated heterocycles. The van der Waals surface area contributed by atoms with Gasteiger partial charge in [-0.2, -0.15) is 0 Å². The molecule has 1 fully saturated rings. The summed E-state index contributed by atoms with van der Waals surface area (Å²) in [7, 11) is 2.18. The quantitative estimate of drug-likeness (QED) is 0.632. The average molecular weight is 408 g/mol. The number of piperidine rings is 1. The molecule has 0 amide bonds. The van der Waals surface area contributed by atoms with Crippen molar-refractivity contribution in [2.45, 2.75) is 31.6 Å². The van der Waals surface area contributed by atoms with Gasteiger partial charge >= 0.3 is 0 Å². The van der Waals surface area contributed by atoms with Crippen LogP contribution in [0.5, 0.6) is 0 Å². The van der Waals surface area contributed by atoms with Crippen LogP contribution >= 0.6 is 11.6 Å². The van der Waals surface area contributed by atoms with Gasteiger partial charge in [0.2, 0.25) is 5.95 Å². The largest absolute Gasteiger partial charge is 0.323 e. The van der Waals surface area contributed by atoms with Crippen molar-refractivity contribution in [1.29, 1.82) is 0 Å². The molecule has 0 saturated carbocycles. The highest BCUT2D eigenvalue weighted by Gasteiger charge is 2.19. The van der Waals surface area contributed by atoms with Crippen LogP contribution in [0.2, 0.25) is 5.02 Å². The van der Waals surface area contributed by atoms with E-state index in [9.17, 15) is 0 Å². The number of aromatic nitrogens is 3. The van der Waals surface area contributed by atoms with Gasteiger partial charge in [-0.15, -0.1) is 0 Å². The van der Waals surface area contributed by atoms with E-state index in [0.717, 1.165) is 30.8 Å². The monoisotopic (exact) mass is 407 g/mol. The van der Waals surface area contributed by atoms with E-state index in [1.54, 1.807) is 6.20 Å². The maximum Gasteiger partial charge on any atom is 0.227 e. The summed E-state index contributed by atoms with van der Waals surface area (Å²) >= 11 is 6.34. The Kier molecular flexibility index (Phi) is 6.37. The van der Waals surface area contributed by atoms with Crippen LogP contribution in [0.25, 0.3) is 0 Å². The summed E-state index contributed by atoms with van der Waals surface area (Å²) in [6, 6.07) is 12.5. The number of pyridine rings is 1. The Morgan fingerprint density at radius 1 is 1.14 bits per heavy atom. The van der Waals surface area contributed by atoms with E-state index < -0.39 is 0 Å². The number of rotatable bonds is 6. The highest BCUT2D eigenvalue weighted by molar-refractivity contribution is 6.31. The molecule has 150 valence electrons. The molecule has 0 bridgehead atoms. The molecule has 2 aromatic heterocycles. The maximum absolute atomic E-state index is 6.34. The van der Waals surface area contributed by atoms with Crippen molar-refractivity contribution in [2.75, 3.05) is 25.5 Å². The molecule has 4 rings (SSSR count). The number of anilines is 2. The SMILES string of the molecule is CN1CCCC(c2cncc(Nc3ncc(Cl)c(CCc4ccccc4)n3)c2)C1. The van der Waals surface area contributed by atoms with Crippen LogP contribution in [-0.4, -0.2) is 40.0 Å². The molecule has 0 spiro atoms. The zero-order valence-electron chi connectivity index (χ0n) is 16.7. The van der Waals surface area contributed by atoms with E-state index in [0.29, 0.717) is 16.9 Å². The van der Waals surface area contributed by atoms with Crippen LogP contribution in [0, 0.1) is 0 Å². The minimum Gasteiger partial charge on any atom is -0.323 e. The first-order valence-corrected chi connectivity index (χ1v) is 10.5. The van der Waals surface area contributed by atoms with Gasteiger partial charge in [-0.05, 0) is 62.4 Å². The number of nitrogens with one attached hydrogen (secondary N) is 1. The van der Waals surface area contributed by atoms with Crippen molar-refractivity contribution in [1.82, 2.24) is 19.9 Å². The van der Waals surface area contributed by atoms with Gasteiger partial charge in [0.25, 0.3) is 0 Å². The number of aryl methyl sites for hydroxylation is 2. The third-order valence-electron chi connectivity index (χ3n) is 5.42. The molecule has 1 atom stereocenters. The minimum absolute atomic E-state index is 0.524. The van der Waals surface area contributed by atoms with E-state index >= 15 is 0 Å². The molecule has 5 nitrogen and oxygen atoms in total. The lowest BCUT2D eigenvalue weighted by Crippen LogP contribution is -2.30. The smallest absolute Gasteiger partial charge is 0.227 e. The van der Waals surface area contributed by atoms with Crippen LogP contribution in [0.15, 0.2) is 55.0 Å². The highest BCUT2D eigenvalue weighted by atomic mass is 35.5. The summed E-state index contributed by atoms with van der Waals surface area (Å²) in [6.45, 7) is 2.25. The molecule has 1 unspecified atom stereocenters. The van der Waals surface area contributed by atoms with Gasteiger partial charge in [0.15, 0.2) is 0 Å². The lowest BCUT2D eigenvalue weighted by atomic mass is 9.92. The van der Waals surface area contributed by atoms with Crippen molar-refractivity contribution < 1.29 is 0 Å². The zero-order valence-corrected chi connectivity index (χ0v) is 17.4. The molecular formula is C23H26ClN5. The summed E-state index contributed by atoms with van der Waals surface area (Å²) in [4.78, 5) is 15.8. The Morgan fingerprint density at radius 3 is 2.83 bits per heavy atom. The van der Waals surface area contributed by atoms with Gasteiger partial charge in [0, 0.05) is 12.7 Å². The summed E-state index contributed by atoms with van der Waals surface area (Å²) in [5, 5.41) is 3.90. The van der Waals surface area contributed by atoms with E-state index in [4.69, 9.17) is 11.6 Å². The summed E-state index contributed by atoms with van der Waals surface area (Å²) in [5.74, 6) is 1.08. The number of benzene rings is 1. The second kappa shape index (κ2) is 9.33.